The Morgan fingerprint density at radius 1 is 1.08 bits per heavy atom. The van der Waals surface area contributed by atoms with E-state index in [4.69, 9.17) is 4.84 Å². The molecule has 10 heteroatoms. The first-order valence-corrected chi connectivity index (χ1v) is 13.9. The molecule has 1 aliphatic carbocycles. The van der Waals surface area contributed by atoms with Crippen molar-refractivity contribution < 1.29 is 27.9 Å². The molecule has 1 aliphatic heterocycles. The summed E-state index contributed by atoms with van der Waals surface area (Å²) in [6, 6.07) is 10.6. The van der Waals surface area contributed by atoms with Crippen LogP contribution in [0.1, 0.15) is 85.3 Å². The maximum absolute atomic E-state index is 13.9. The summed E-state index contributed by atoms with van der Waals surface area (Å²) < 4.78 is 41.6. The van der Waals surface area contributed by atoms with Crippen LogP contribution in [0.5, 0.6) is 0 Å². The zero-order valence-corrected chi connectivity index (χ0v) is 23.3. The van der Waals surface area contributed by atoms with Crippen molar-refractivity contribution >= 4 is 27.4 Å². The number of halogens is 3. The van der Waals surface area contributed by atoms with Crippen LogP contribution in [0.4, 0.5) is 13.2 Å². The van der Waals surface area contributed by atoms with Gasteiger partial charge in [0.15, 0.2) is 0 Å². The Labute approximate surface area is 230 Å². The van der Waals surface area contributed by atoms with E-state index in [1.807, 2.05) is 13.0 Å². The summed E-state index contributed by atoms with van der Waals surface area (Å²) >= 11 is 0. The van der Waals surface area contributed by atoms with Crippen LogP contribution in [-0.4, -0.2) is 50.5 Å². The lowest BCUT2D eigenvalue weighted by atomic mass is 9.54. The molecule has 208 valence electrons. The van der Waals surface area contributed by atoms with Crippen LogP contribution >= 0.6 is 0 Å². The van der Waals surface area contributed by atoms with Gasteiger partial charge in [-0.2, -0.15) is 13.2 Å². The van der Waals surface area contributed by atoms with Gasteiger partial charge in [0.2, 0.25) is 0 Å². The second kappa shape index (κ2) is 11.8. The third kappa shape index (κ3) is 6.53. The molecule has 1 saturated carbocycles. The van der Waals surface area contributed by atoms with Gasteiger partial charge in [0.1, 0.15) is 22.3 Å². The Bertz CT molecular complexity index is 1220. The smallest absolute Gasteiger partial charge is 0.416 e. The SMILES string of the molecule is BC(B)(c1ccc(/C(C)=N/OCc2ccc(C3CCCCC3)c(C(F)(F)F)c2)cc1CC)N1CC(C(=O)O)C1. The molecule has 0 amide bonds. The highest BCUT2D eigenvalue weighted by atomic mass is 19.4. The molecule has 0 atom stereocenters. The first-order chi connectivity index (χ1) is 18.4. The van der Waals surface area contributed by atoms with Crippen molar-refractivity contribution in [1.29, 1.82) is 0 Å². The van der Waals surface area contributed by atoms with E-state index in [1.165, 1.54) is 6.07 Å². The van der Waals surface area contributed by atoms with Gasteiger partial charge in [-0.05, 0) is 77.4 Å². The van der Waals surface area contributed by atoms with Gasteiger partial charge in [-0.15, -0.1) is 0 Å². The molecule has 1 heterocycles. The molecule has 2 aromatic rings. The third-order valence-electron chi connectivity index (χ3n) is 8.49. The van der Waals surface area contributed by atoms with Crippen molar-refractivity contribution in [3.8, 4) is 0 Å². The topological polar surface area (TPSA) is 62.1 Å². The van der Waals surface area contributed by atoms with E-state index in [1.54, 1.807) is 12.1 Å². The van der Waals surface area contributed by atoms with Gasteiger partial charge in [0.25, 0.3) is 0 Å². The lowest BCUT2D eigenvalue weighted by molar-refractivity contribution is -0.148. The molecule has 0 aromatic heterocycles. The number of carboxylic acids is 1. The molecule has 0 spiro atoms. The number of carbonyl (C=O) groups is 1. The van der Waals surface area contributed by atoms with Crippen molar-refractivity contribution in [3.63, 3.8) is 0 Å². The highest BCUT2D eigenvalue weighted by Gasteiger charge is 2.42. The van der Waals surface area contributed by atoms with Crippen molar-refractivity contribution in [3.05, 3.63) is 69.8 Å². The fraction of sp³-hybridized carbons (Fsp3) is 0.517. The minimum atomic E-state index is -4.40. The number of alkyl halides is 3. The Hall–Kier alpha value is -2.74. The quantitative estimate of drug-likeness (QED) is 0.286. The second-order valence-electron chi connectivity index (χ2n) is 11.4. The van der Waals surface area contributed by atoms with Crippen molar-refractivity contribution in [2.24, 2.45) is 11.1 Å². The standard InChI is InChI=1S/C29H37B2F3N2O3/c1-3-20-14-22(10-12-25(20)28(30,31)36-15-23(16-36)27(37)38)18(2)35-39-17-19-9-11-24(21-7-5-4-6-8-21)26(13-19)29(32,33)34/h9-14,21,23H,3-8,15-17,30-31H2,1-2H3,(H,37,38)/b35-18+. The predicted octanol–water partition coefficient (Wildman–Crippen LogP) is 4.65. The Balaban J connectivity index is 1.46. The molecule has 0 radical (unpaired) electrons. The van der Waals surface area contributed by atoms with Crippen LogP contribution in [0.2, 0.25) is 0 Å². The number of carboxylic acid groups (broad SMARTS) is 1. The highest BCUT2D eigenvalue weighted by Crippen LogP contribution is 2.41. The van der Waals surface area contributed by atoms with Crippen LogP contribution in [0, 0.1) is 5.92 Å². The number of nitrogens with zero attached hydrogens (tertiary/aromatic N) is 2. The van der Waals surface area contributed by atoms with Crippen molar-refractivity contribution in [2.45, 2.75) is 76.4 Å². The molecule has 2 fully saturated rings. The van der Waals surface area contributed by atoms with E-state index in [9.17, 15) is 23.1 Å². The average molecular weight is 540 g/mol. The summed E-state index contributed by atoms with van der Waals surface area (Å²) in [4.78, 5) is 18.9. The molecule has 2 aromatic carbocycles. The third-order valence-corrected chi connectivity index (χ3v) is 8.49. The van der Waals surface area contributed by atoms with Crippen LogP contribution in [0.15, 0.2) is 41.6 Å². The van der Waals surface area contributed by atoms with Crippen molar-refractivity contribution in [1.82, 2.24) is 4.90 Å². The first kappa shape index (κ1) is 29.2. The fourth-order valence-corrected chi connectivity index (χ4v) is 5.93. The van der Waals surface area contributed by atoms with E-state index in [0.717, 1.165) is 55.2 Å². The second-order valence-corrected chi connectivity index (χ2v) is 11.4. The summed E-state index contributed by atoms with van der Waals surface area (Å²) in [5, 5.41) is 13.1. The maximum atomic E-state index is 13.9. The van der Waals surface area contributed by atoms with Gasteiger partial charge in [-0.1, -0.05) is 55.6 Å². The number of benzene rings is 2. The molecular weight excluding hydrogens is 503 g/mol. The van der Waals surface area contributed by atoms with Crippen LogP contribution in [0.25, 0.3) is 0 Å². The van der Waals surface area contributed by atoms with E-state index in [-0.39, 0.29) is 23.8 Å². The largest absolute Gasteiger partial charge is 0.481 e. The summed E-state index contributed by atoms with van der Waals surface area (Å²) in [6.45, 7) is 4.90. The lowest BCUT2D eigenvalue weighted by Gasteiger charge is -2.49. The molecular formula is C29H37B2F3N2O3. The van der Waals surface area contributed by atoms with Gasteiger partial charge >= 0.3 is 12.1 Å². The number of rotatable bonds is 9. The Morgan fingerprint density at radius 3 is 2.38 bits per heavy atom. The van der Waals surface area contributed by atoms with Crippen molar-refractivity contribution in [2.75, 3.05) is 13.1 Å². The number of oxime groups is 1. The maximum Gasteiger partial charge on any atom is 0.416 e. The molecule has 1 saturated heterocycles. The van der Waals surface area contributed by atoms with Gasteiger partial charge in [-0.3, -0.25) is 4.79 Å². The van der Waals surface area contributed by atoms with E-state index >= 15 is 0 Å². The monoisotopic (exact) mass is 540 g/mol. The molecule has 39 heavy (non-hydrogen) atoms. The molecule has 1 N–H and O–H groups in total. The first-order valence-electron chi connectivity index (χ1n) is 13.9. The molecule has 0 bridgehead atoms. The van der Waals surface area contributed by atoms with Crippen LogP contribution < -0.4 is 0 Å². The van der Waals surface area contributed by atoms with E-state index in [0.29, 0.717) is 29.9 Å². The Kier molecular flexibility index (Phi) is 8.84. The van der Waals surface area contributed by atoms with Gasteiger partial charge < -0.3 is 14.8 Å². The summed E-state index contributed by atoms with van der Waals surface area (Å²) in [5.74, 6) is -1.11. The number of aliphatic carboxylic acids is 1. The number of likely N-dealkylation sites (tertiary alicyclic amines) is 1. The zero-order valence-electron chi connectivity index (χ0n) is 23.3. The zero-order chi connectivity index (χ0) is 28.4. The number of hydrogen-bond donors (Lipinski definition) is 1. The van der Waals surface area contributed by atoms with Crippen LogP contribution in [-0.2, 0) is 34.2 Å². The van der Waals surface area contributed by atoms with E-state index in [2.05, 4.69) is 44.8 Å². The van der Waals surface area contributed by atoms with Crippen LogP contribution in [0.3, 0.4) is 0 Å². The summed E-state index contributed by atoms with van der Waals surface area (Å²) in [7, 11) is 4.22. The predicted molar refractivity (Wildman–Crippen MR) is 152 cm³/mol. The van der Waals surface area contributed by atoms with Gasteiger partial charge in [0, 0.05) is 13.1 Å². The van der Waals surface area contributed by atoms with E-state index < -0.39 is 17.7 Å². The Morgan fingerprint density at radius 2 is 1.77 bits per heavy atom. The number of aryl methyl sites for hydroxylation is 1. The molecule has 4 rings (SSSR count). The van der Waals surface area contributed by atoms with Gasteiger partial charge in [-0.25, -0.2) is 0 Å². The minimum absolute atomic E-state index is 0.0361. The number of hydrogen-bond acceptors (Lipinski definition) is 4. The molecule has 5 nitrogen and oxygen atoms in total. The van der Waals surface area contributed by atoms with Gasteiger partial charge in [0.05, 0.1) is 17.2 Å². The normalized spacial score (nSPS) is 18.1. The molecule has 2 aliphatic rings. The highest BCUT2D eigenvalue weighted by molar-refractivity contribution is 6.40. The molecule has 0 unspecified atom stereocenters. The summed E-state index contributed by atoms with van der Waals surface area (Å²) in [5.41, 5.74) is 4.08. The minimum Gasteiger partial charge on any atom is -0.481 e. The summed E-state index contributed by atoms with van der Waals surface area (Å²) in [6.07, 6.45) is 1.04. The average Bonchev–Trinajstić information content (AvgIpc) is 2.86. The lowest BCUT2D eigenvalue weighted by Crippen LogP contribution is -2.61. The fourth-order valence-electron chi connectivity index (χ4n) is 5.93.